The summed E-state index contributed by atoms with van der Waals surface area (Å²) in [5.74, 6) is -0.869. The van der Waals surface area contributed by atoms with Crippen LogP contribution in [0.25, 0.3) is 0 Å². The number of aromatic nitrogens is 2. The van der Waals surface area contributed by atoms with E-state index < -0.39 is 17.6 Å². The van der Waals surface area contributed by atoms with Crippen LogP contribution in [-0.4, -0.2) is 9.55 Å². The first-order chi connectivity index (χ1) is 9.41. The van der Waals surface area contributed by atoms with Crippen molar-refractivity contribution in [3.8, 4) is 0 Å². The van der Waals surface area contributed by atoms with Gasteiger partial charge in [0.1, 0.15) is 5.82 Å². The molecule has 1 aromatic carbocycles. The molecule has 0 radical (unpaired) electrons. The molecule has 0 saturated carbocycles. The average Bonchev–Trinajstić information content (AvgIpc) is 2.78. The van der Waals surface area contributed by atoms with Crippen LogP contribution in [-0.2, 0) is 12.7 Å². The van der Waals surface area contributed by atoms with Crippen molar-refractivity contribution in [1.29, 1.82) is 0 Å². The summed E-state index contributed by atoms with van der Waals surface area (Å²) in [6.45, 7) is 2.67. The van der Waals surface area contributed by atoms with Gasteiger partial charge in [0.2, 0.25) is 5.95 Å². The zero-order valence-electron chi connectivity index (χ0n) is 10.7. The van der Waals surface area contributed by atoms with Crippen LogP contribution >= 0.6 is 0 Å². The summed E-state index contributed by atoms with van der Waals surface area (Å²) in [4.78, 5) is 4.02. The molecule has 20 heavy (non-hydrogen) atoms. The van der Waals surface area contributed by atoms with Crippen molar-refractivity contribution < 1.29 is 17.6 Å². The van der Waals surface area contributed by atoms with Gasteiger partial charge in [0.25, 0.3) is 0 Å². The normalized spacial score (nSPS) is 11.7. The number of imidazole rings is 1. The first-order valence-electron chi connectivity index (χ1n) is 6.06. The predicted octanol–water partition coefficient (Wildman–Crippen LogP) is 4.19. The molecule has 0 aliphatic heterocycles. The second-order valence-corrected chi connectivity index (χ2v) is 4.26. The molecule has 108 valence electrons. The fourth-order valence-corrected chi connectivity index (χ4v) is 1.80. The lowest BCUT2D eigenvalue weighted by Crippen LogP contribution is -2.09. The van der Waals surface area contributed by atoms with Crippen molar-refractivity contribution in [2.45, 2.75) is 26.1 Å². The van der Waals surface area contributed by atoms with Crippen molar-refractivity contribution in [2.75, 3.05) is 5.32 Å². The van der Waals surface area contributed by atoms with Crippen LogP contribution in [0.3, 0.4) is 0 Å². The van der Waals surface area contributed by atoms with Gasteiger partial charge in [0.05, 0.1) is 5.56 Å². The van der Waals surface area contributed by atoms with Gasteiger partial charge in [-0.3, -0.25) is 0 Å². The Morgan fingerprint density at radius 3 is 2.70 bits per heavy atom. The first-order valence-corrected chi connectivity index (χ1v) is 6.06. The number of nitrogens with one attached hydrogen (secondary N) is 1. The largest absolute Gasteiger partial charge is 0.419 e. The van der Waals surface area contributed by atoms with Gasteiger partial charge in [-0.2, -0.15) is 13.2 Å². The average molecular weight is 287 g/mol. The van der Waals surface area contributed by atoms with Crippen LogP contribution in [0.15, 0.2) is 30.6 Å². The van der Waals surface area contributed by atoms with Gasteiger partial charge >= 0.3 is 6.18 Å². The van der Waals surface area contributed by atoms with E-state index in [1.807, 2.05) is 6.92 Å². The molecular formula is C13H13F4N3. The number of nitrogens with zero attached hydrogens (tertiary/aromatic N) is 2. The maximum Gasteiger partial charge on any atom is 0.419 e. The van der Waals surface area contributed by atoms with Crippen LogP contribution < -0.4 is 5.32 Å². The van der Waals surface area contributed by atoms with Crippen LogP contribution in [0.5, 0.6) is 0 Å². The van der Waals surface area contributed by atoms with Gasteiger partial charge in [-0.25, -0.2) is 9.37 Å². The molecule has 0 amide bonds. The van der Waals surface area contributed by atoms with E-state index in [4.69, 9.17) is 0 Å². The fourth-order valence-electron chi connectivity index (χ4n) is 1.80. The van der Waals surface area contributed by atoms with Crippen LogP contribution in [0.1, 0.15) is 18.9 Å². The van der Waals surface area contributed by atoms with E-state index in [1.165, 1.54) is 6.07 Å². The maximum atomic E-state index is 13.2. The molecule has 3 nitrogen and oxygen atoms in total. The number of hydrogen-bond donors (Lipinski definition) is 1. The third-order valence-electron chi connectivity index (χ3n) is 2.71. The monoisotopic (exact) mass is 287 g/mol. The minimum Gasteiger partial charge on any atom is -0.326 e. The van der Waals surface area contributed by atoms with E-state index in [0.29, 0.717) is 12.5 Å². The van der Waals surface area contributed by atoms with E-state index in [9.17, 15) is 17.6 Å². The lowest BCUT2D eigenvalue weighted by Gasteiger charge is -2.12. The molecule has 7 heteroatoms. The summed E-state index contributed by atoms with van der Waals surface area (Å²) in [6, 6.07) is 2.77. The topological polar surface area (TPSA) is 29.9 Å². The van der Waals surface area contributed by atoms with Gasteiger partial charge in [0.15, 0.2) is 0 Å². The molecule has 1 N–H and O–H groups in total. The third-order valence-corrected chi connectivity index (χ3v) is 2.71. The highest BCUT2D eigenvalue weighted by Gasteiger charge is 2.34. The molecule has 0 aliphatic rings. The third kappa shape index (κ3) is 3.09. The summed E-state index contributed by atoms with van der Waals surface area (Å²) in [5.41, 5.74) is -1.15. The van der Waals surface area contributed by atoms with E-state index in [1.54, 1.807) is 17.0 Å². The molecule has 1 heterocycles. The lowest BCUT2D eigenvalue weighted by molar-refractivity contribution is -0.139. The quantitative estimate of drug-likeness (QED) is 0.854. The molecule has 0 bridgehead atoms. The minimum atomic E-state index is -4.72. The number of anilines is 2. The minimum absolute atomic E-state index is 0.141. The number of alkyl halides is 3. The maximum absolute atomic E-state index is 13.2. The zero-order chi connectivity index (χ0) is 14.8. The summed E-state index contributed by atoms with van der Waals surface area (Å²) in [5, 5.41) is 2.76. The smallest absolute Gasteiger partial charge is 0.326 e. The fraction of sp³-hybridized carbons (Fsp3) is 0.308. The molecule has 2 aromatic rings. The molecule has 2 rings (SSSR count). The highest BCUT2D eigenvalue weighted by Crippen LogP contribution is 2.33. The molecule has 0 aliphatic carbocycles. The Hall–Kier alpha value is -2.05. The van der Waals surface area contributed by atoms with Gasteiger partial charge in [-0.1, -0.05) is 6.92 Å². The number of hydrogen-bond acceptors (Lipinski definition) is 2. The van der Waals surface area contributed by atoms with Crippen molar-refractivity contribution >= 4 is 11.6 Å². The molecule has 1 aromatic heterocycles. The molecule has 0 fully saturated rings. The first kappa shape index (κ1) is 14.4. The Balaban J connectivity index is 2.28. The Bertz CT molecular complexity index is 590. The lowest BCUT2D eigenvalue weighted by atomic mass is 10.2. The van der Waals surface area contributed by atoms with Crippen molar-refractivity contribution in [3.05, 3.63) is 42.0 Å². The van der Waals surface area contributed by atoms with E-state index in [-0.39, 0.29) is 5.69 Å². The van der Waals surface area contributed by atoms with Gasteiger partial charge in [-0.05, 0) is 24.6 Å². The van der Waals surface area contributed by atoms with Crippen molar-refractivity contribution in [2.24, 2.45) is 0 Å². The second-order valence-electron chi connectivity index (χ2n) is 4.26. The van der Waals surface area contributed by atoms with Gasteiger partial charge in [-0.15, -0.1) is 0 Å². The Morgan fingerprint density at radius 1 is 1.30 bits per heavy atom. The summed E-state index contributed by atoms with van der Waals surface area (Å²) >= 11 is 0. The predicted molar refractivity (Wildman–Crippen MR) is 67.2 cm³/mol. The number of rotatable bonds is 4. The Kier molecular flexibility index (Phi) is 3.96. The Labute approximate surface area is 113 Å². The molecule has 0 saturated heterocycles. The standard InChI is InChI=1S/C13H13F4N3/c1-2-6-20-7-5-18-12(20)19-9-3-4-11(14)10(8-9)13(15,16)17/h3-5,7-8H,2,6H2,1H3,(H,18,19). The second kappa shape index (κ2) is 5.52. The summed E-state index contributed by atoms with van der Waals surface area (Å²) < 4.78 is 52.8. The van der Waals surface area contributed by atoms with Crippen LogP contribution in [0.2, 0.25) is 0 Å². The van der Waals surface area contributed by atoms with Crippen LogP contribution in [0, 0.1) is 5.82 Å². The highest BCUT2D eigenvalue weighted by atomic mass is 19.4. The highest BCUT2D eigenvalue weighted by molar-refractivity contribution is 5.55. The van der Waals surface area contributed by atoms with E-state index >= 15 is 0 Å². The van der Waals surface area contributed by atoms with Crippen molar-refractivity contribution in [3.63, 3.8) is 0 Å². The van der Waals surface area contributed by atoms with Gasteiger partial charge < -0.3 is 9.88 Å². The molecule has 0 atom stereocenters. The Morgan fingerprint density at radius 2 is 2.05 bits per heavy atom. The summed E-state index contributed by atoms with van der Waals surface area (Å²) in [6.07, 6.45) is -0.588. The van der Waals surface area contributed by atoms with Crippen molar-refractivity contribution in [1.82, 2.24) is 9.55 Å². The number of halogens is 4. The molecule has 0 unspecified atom stereocenters. The number of benzene rings is 1. The van der Waals surface area contributed by atoms with Gasteiger partial charge in [0, 0.05) is 24.6 Å². The van der Waals surface area contributed by atoms with Crippen LogP contribution in [0.4, 0.5) is 29.2 Å². The zero-order valence-corrected chi connectivity index (χ0v) is 10.7. The van der Waals surface area contributed by atoms with E-state index in [0.717, 1.165) is 18.6 Å². The summed E-state index contributed by atoms with van der Waals surface area (Å²) in [7, 11) is 0. The molecule has 0 spiro atoms. The number of aryl methyl sites for hydroxylation is 1. The SMILES string of the molecule is CCCn1ccnc1Nc1ccc(F)c(C(F)(F)F)c1. The molecular weight excluding hydrogens is 274 g/mol. The van der Waals surface area contributed by atoms with E-state index in [2.05, 4.69) is 10.3 Å².